The van der Waals surface area contributed by atoms with Crippen molar-refractivity contribution in [3.63, 3.8) is 0 Å². The zero-order chi connectivity index (χ0) is 17.3. The highest BCUT2D eigenvalue weighted by Crippen LogP contribution is 2.21. The van der Waals surface area contributed by atoms with Crippen LogP contribution < -0.4 is 0 Å². The number of aryl methyl sites for hydroxylation is 1. The number of hydrogen-bond donors (Lipinski definition) is 0. The zero-order valence-corrected chi connectivity index (χ0v) is 14.8. The molecule has 0 atom stereocenters. The van der Waals surface area contributed by atoms with E-state index in [4.69, 9.17) is 0 Å². The molecule has 3 heteroatoms. The first-order chi connectivity index (χ1) is 11.5. The molecule has 3 nitrogen and oxygen atoms in total. The molecule has 0 aliphatic heterocycles. The van der Waals surface area contributed by atoms with Crippen molar-refractivity contribution in [1.29, 1.82) is 0 Å². The Morgan fingerprint density at radius 3 is 2.54 bits per heavy atom. The maximum atomic E-state index is 12.8. The lowest BCUT2D eigenvalue weighted by Crippen LogP contribution is -2.17. The molecule has 0 aliphatic rings. The van der Waals surface area contributed by atoms with E-state index < -0.39 is 0 Å². The van der Waals surface area contributed by atoms with Crippen molar-refractivity contribution in [3.05, 3.63) is 65.0 Å². The molecule has 0 spiro atoms. The second-order valence-corrected chi connectivity index (χ2v) is 6.87. The summed E-state index contributed by atoms with van der Waals surface area (Å²) in [7, 11) is 0. The summed E-state index contributed by atoms with van der Waals surface area (Å²) < 4.78 is 1.59. The molecule has 0 radical (unpaired) electrons. The van der Waals surface area contributed by atoms with Gasteiger partial charge in [0.2, 0.25) is 0 Å². The molecule has 1 heterocycles. The van der Waals surface area contributed by atoms with Crippen molar-refractivity contribution in [1.82, 2.24) is 9.78 Å². The highest BCUT2D eigenvalue weighted by molar-refractivity contribution is 5.91. The number of nitrogens with zero attached hydrogens (tertiary/aromatic N) is 2. The first-order valence-corrected chi connectivity index (χ1v) is 8.52. The van der Waals surface area contributed by atoms with Crippen molar-refractivity contribution in [2.45, 2.75) is 40.5 Å². The molecule has 124 valence electrons. The standard InChI is InChI=1S/C21H24N2O/c1-14(2)12-20-15(3)22-23(16(20)4)21(24)13-18-10-7-9-17-8-5-6-11-19(17)18/h5-11,14H,12-13H2,1-4H3. The monoisotopic (exact) mass is 320 g/mol. The van der Waals surface area contributed by atoms with Gasteiger partial charge in [0.15, 0.2) is 0 Å². The van der Waals surface area contributed by atoms with E-state index in [1.165, 1.54) is 5.56 Å². The SMILES string of the molecule is Cc1nn(C(=O)Cc2cccc3ccccc23)c(C)c1CC(C)C. The van der Waals surface area contributed by atoms with E-state index in [0.717, 1.165) is 34.1 Å². The molecule has 24 heavy (non-hydrogen) atoms. The van der Waals surface area contributed by atoms with Crippen LogP contribution in [0.15, 0.2) is 42.5 Å². The fraction of sp³-hybridized carbons (Fsp3) is 0.333. The molecule has 0 saturated carbocycles. The van der Waals surface area contributed by atoms with E-state index in [9.17, 15) is 4.79 Å². The molecule has 3 aromatic rings. The van der Waals surface area contributed by atoms with Crippen LogP contribution in [0.2, 0.25) is 0 Å². The molecule has 1 aromatic heterocycles. The third-order valence-corrected chi connectivity index (χ3v) is 4.51. The molecule has 0 fully saturated rings. The molecule has 0 amide bonds. The van der Waals surface area contributed by atoms with E-state index in [-0.39, 0.29) is 5.91 Å². The number of fused-ring (bicyclic) bond motifs is 1. The van der Waals surface area contributed by atoms with Gasteiger partial charge in [-0.3, -0.25) is 4.79 Å². The lowest BCUT2D eigenvalue weighted by Gasteiger charge is -2.08. The van der Waals surface area contributed by atoms with E-state index >= 15 is 0 Å². The summed E-state index contributed by atoms with van der Waals surface area (Å²) in [6.45, 7) is 8.37. The van der Waals surface area contributed by atoms with Crippen LogP contribution in [0.1, 0.15) is 41.2 Å². The van der Waals surface area contributed by atoms with Gasteiger partial charge >= 0.3 is 0 Å². The van der Waals surface area contributed by atoms with Gasteiger partial charge < -0.3 is 0 Å². The van der Waals surface area contributed by atoms with Gasteiger partial charge in [0.1, 0.15) is 0 Å². The highest BCUT2D eigenvalue weighted by atomic mass is 16.2. The van der Waals surface area contributed by atoms with Crippen molar-refractivity contribution in [2.75, 3.05) is 0 Å². The molecule has 3 rings (SSSR count). The average molecular weight is 320 g/mol. The fourth-order valence-electron chi connectivity index (χ4n) is 3.31. The second-order valence-electron chi connectivity index (χ2n) is 6.87. The predicted octanol–water partition coefficient (Wildman–Crippen LogP) is 4.73. The maximum absolute atomic E-state index is 12.8. The van der Waals surface area contributed by atoms with Gasteiger partial charge in [0, 0.05) is 5.69 Å². The van der Waals surface area contributed by atoms with Crippen molar-refractivity contribution >= 4 is 16.7 Å². The van der Waals surface area contributed by atoms with Crippen LogP contribution in [0.5, 0.6) is 0 Å². The van der Waals surface area contributed by atoms with Gasteiger partial charge in [0.25, 0.3) is 5.91 Å². The number of hydrogen-bond acceptors (Lipinski definition) is 2. The largest absolute Gasteiger partial charge is 0.272 e. The lowest BCUT2D eigenvalue weighted by molar-refractivity contribution is 0.0896. The first-order valence-electron chi connectivity index (χ1n) is 8.52. The van der Waals surface area contributed by atoms with Crippen LogP contribution in [-0.2, 0) is 12.8 Å². The second kappa shape index (κ2) is 6.60. The molecule has 2 aromatic carbocycles. The average Bonchev–Trinajstić information content (AvgIpc) is 2.83. The van der Waals surface area contributed by atoms with Crippen LogP contribution in [0.3, 0.4) is 0 Å². The summed E-state index contributed by atoms with van der Waals surface area (Å²) in [5, 5.41) is 6.81. The number of carbonyl (C=O) groups excluding carboxylic acids is 1. The van der Waals surface area contributed by atoms with E-state index in [1.54, 1.807) is 4.68 Å². The summed E-state index contributed by atoms with van der Waals surface area (Å²) >= 11 is 0. The van der Waals surface area contributed by atoms with E-state index in [1.807, 2.05) is 38.1 Å². The summed E-state index contributed by atoms with van der Waals surface area (Å²) in [5.41, 5.74) is 4.20. The minimum Gasteiger partial charge on any atom is -0.272 e. The minimum absolute atomic E-state index is 0.0296. The Hall–Kier alpha value is -2.42. The quantitative estimate of drug-likeness (QED) is 0.696. The molecule has 0 aliphatic carbocycles. The summed E-state index contributed by atoms with van der Waals surface area (Å²) in [6, 6.07) is 14.3. The maximum Gasteiger partial charge on any atom is 0.251 e. The van der Waals surface area contributed by atoms with Crippen LogP contribution in [0.25, 0.3) is 10.8 Å². The van der Waals surface area contributed by atoms with Gasteiger partial charge in [0.05, 0.1) is 12.1 Å². The topological polar surface area (TPSA) is 34.9 Å². The normalized spacial score (nSPS) is 11.4. The molecule has 0 saturated heterocycles. The van der Waals surface area contributed by atoms with Gasteiger partial charge in [-0.25, -0.2) is 4.68 Å². The molecule has 0 N–H and O–H groups in total. The van der Waals surface area contributed by atoms with E-state index in [0.29, 0.717) is 12.3 Å². The Kier molecular flexibility index (Phi) is 4.52. The number of benzene rings is 2. The fourth-order valence-corrected chi connectivity index (χ4v) is 3.31. The van der Waals surface area contributed by atoms with Gasteiger partial charge in [-0.1, -0.05) is 56.3 Å². The first kappa shape index (κ1) is 16.4. The summed E-state index contributed by atoms with van der Waals surface area (Å²) in [6.07, 6.45) is 1.32. The van der Waals surface area contributed by atoms with Crippen molar-refractivity contribution in [3.8, 4) is 0 Å². The van der Waals surface area contributed by atoms with Crippen LogP contribution in [0.4, 0.5) is 0 Å². The van der Waals surface area contributed by atoms with Crippen molar-refractivity contribution < 1.29 is 4.79 Å². The number of rotatable bonds is 4. The highest BCUT2D eigenvalue weighted by Gasteiger charge is 2.18. The van der Waals surface area contributed by atoms with Crippen molar-refractivity contribution in [2.24, 2.45) is 5.92 Å². The smallest absolute Gasteiger partial charge is 0.251 e. The molecular formula is C21H24N2O. The summed E-state index contributed by atoms with van der Waals surface area (Å²) in [5.74, 6) is 0.579. The Labute approximate surface area is 143 Å². The van der Waals surface area contributed by atoms with Crippen LogP contribution in [0, 0.1) is 19.8 Å². The zero-order valence-electron chi connectivity index (χ0n) is 14.8. The van der Waals surface area contributed by atoms with Gasteiger partial charge in [-0.15, -0.1) is 0 Å². The Morgan fingerprint density at radius 1 is 1.08 bits per heavy atom. The Morgan fingerprint density at radius 2 is 1.79 bits per heavy atom. The number of aromatic nitrogens is 2. The third kappa shape index (κ3) is 3.12. The van der Waals surface area contributed by atoms with Gasteiger partial charge in [-0.05, 0) is 48.1 Å². The molecular weight excluding hydrogens is 296 g/mol. The Bertz CT molecular complexity index is 885. The molecule has 0 bridgehead atoms. The predicted molar refractivity (Wildman–Crippen MR) is 98.5 cm³/mol. The number of carbonyl (C=O) groups is 1. The van der Waals surface area contributed by atoms with Crippen LogP contribution in [-0.4, -0.2) is 15.7 Å². The third-order valence-electron chi connectivity index (χ3n) is 4.51. The van der Waals surface area contributed by atoms with E-state index in [2.05, 4.69) is 37.1 Å². The molecule has 0 unspecified atom stereocenters. The van der Waals surface area contributed by atoms with Gasteiger partial charge in [-0.2, -0.15) is 5.10 Å². The summed E-state index contributed by atoms with van der Waals surface area (Å²) in [4.78, 5) is 12.8. The minimum atomic E-state index is 0.0296. The lowest BCUT2D eigenvalue weighted by atomic mass is 10.0. The Balaban J connectivity index is 1.93. The van der Waals surface area contributed by atoms with Crippen LogP contribution >= 0.6 is 0 Å².